The number of carbonyl (C=O) groups excluding carboxylic acids is 8. The maximum atomic E-state index is 13.4. The van der Waals surface area contributed by atoms with E-state index < -0.39 is 102 Å². The van der Waals surface area contributed by atoms with Crippen LogP contribution >= 0.6 is 0 Å². The normalized spacial score (nSPS) is 25.3. The molecule has 2 rings (SSSR count). The highest BCUT2D eigenvalue weighted by atomic mass is 16.4. The molecule has 1 saturated heterocycles. The van der Waals surface area contributed by atoms with Crippen molar-refractivity contribution in [2.45, 2.75) is 96.1 Å². The zero-order valence-electron chi connectivity index (χ0n) is 28.4. The molecule has 4 unspecified atom stereocenters. The highest BCUT2D eigenvalue weighted by Crippen LogP contribution is 2.06. The van der Waals surface area contributed by atoms with Crippen LogP contribution in [0.15, 0.2) is 30.3 Å². The number of carboxylic acids is 1. The van der Waals surface area contributed by atoms with Gasteiger partial charge < -0.3 is 47.6 Å². The summed E-state index contributed by atoms with van der Waals surface area (Å²) < 4.78 is 0. The zero-order valence-corrected chi connectivity index (χ0v) is 28.4. The van der Waals surface area contributed by atoms with E-state index in [2.05, 4.69) is 42.5 Å². The second kappa shape index (κ2) is 20.1. The monoisotopic (exact) mass is 702 g/mol. The highest BCUT2D eigenvalue weighted by Gasteiger charge is 2.31. The third-order valence-electron chi connectivity index (χ3n) is 7.57. The predicted octanol–water partition coefficient (Wildman–Crippen LogP) is -2.89. The Labute approximate surface area is 289 Å². The average Bonchev–Trinajstić information content (AvgIpc) is 3.05. The molecule has 18 heteroatoms. The number of aliphatic carboxylic acids is 1. The SMILES string of the molecule is CC(=O)NCC(=O)NC1CC(=O)NCCCCC(C(=O)O)NC(=O)[C@H](C)NC(=O)C(C)NC(=O)C(Cc2ccccc2)NC(=O)[C@H](C)NC1=O. The Kier molecular flexibility index (Phi) is 16.3. The number of hydrogen-bond donors (Lipinski definition) is 9. The van der Waals surface area contributed by atoms with Crippen molar-refractivity contribution in [3.8, 4) is 0 Å². The van der Waals surface area contributed by atoms with Crippen molar-refractivity contribution in [2.24, 2.45) is 0 Å². The van der Waals surface area contributed by atoms with E-state index in [9.17, 15) is 48.3 Å². The minimum Gasteiger partial charge on any atom is -0.480 e. The zero-order chi connectivity index (χ0) is 37.4. The van der Waals surface area contributed by atoms with Crippen molar-refractivity contribution in [2.75, 3.05) is 13.1 Å². The van der Waals surface area contributed by atoms with Crippen molar-refractivity contribution >= 4 is 53.2 Å². The van der Waals surface area contributed by atoms with Crippen LogP contribution in [0.1, 0.15) is 58.9 Å². The number of benzene rings is 1. The maximum absolute atomic E-state index is 13.4. The van der Waals surface area contributed by atoms with Crippen molar-refractivity contribution in [3.05, 3.63) is 35.9 Å². The Balaban J connectivity index is 2.36. The Morgan fingerprint density at radius 3 is 1.92 bits per heavy atom. The van der Waals surface area contributed by atoms with E-state index >= 15 is 0 Å². The van der Waals surface area contributed by atoms with Gasteiger partial charge in [-0.05, 0) is 45.6 Å². The molecule has 0 bridgehead atoms. The molecule has 1 fully saturated rings. The minimum absolute atomic E-state index is 0.00394. The summed E-state index contributed by atoms with van der Waals surface area (Å²) in [4.78, 5) is 114. The van der Waals surface area contributed by atoms with Gasteiger partial charge in [-0.2, -0.15) is 0 Å². The molecular formula is C32H46N8O10. The third kappa shape index (κ3) is 14.3. The van der Waals surface area contributed by atoms with Gasteiger partial charge in [-0.1, -0.05) is 30.3 Å². The fraction of sp³-hybridized carbons (Fsp3) is 0.531. The van der Waals surface area contributed by atoms with Crippen molar-refractivity contribution in [1.82, 2.24) is 42.5 Å². The fourth-order valence-electron chi connectivity index (χ4n) is 4.69. The van der Waals surface area contributed by atoms with Crippen LogP contribution in [0.5, 0.6) is 0 Å². The molecule has 50 heavy (non-hydrogen) atoms. The van der Waals surface area contributed by atoms with Gasteiger partial charge in [0.2, 0.25) is 47.3 Å². The molecule has 18 nitrogen and oxygen atoms in total. The summed E-state index contributed by atoms with van der Waals surface area (Å²) in [6.45, 7) is 4.81. The minimum atomic E-state index is -1.47. The highest BCUT2D eigenvalue weighted by molar-refractivity contribution is 5.97. The summed E-state index contributed by atoms with van der Waals surface area (Å²) in [5, 5.41) is 29.1. The summed E-state index contributed by atoms with van der Waals surface area (Å²) in [5.41, 5.74) is 0.658. The van der Waals surface area contributed by atoms with Crippen molar-refractivity contribution < 1.29 is 48.3 Å². The van der Waals surface area contributed by atoms with E-state index in [1.165, 1.54) is 27.7 Å². The van der Waals surface area contributed by atoms with Crippen molar-refractivity contribution in [1.29, 1.82) is 0 Å². The quantitative estimate of drug-likeness (QED) is 0.146. The summed E-state index contributed by atoms with van der Waals surface area (Å²) in [6.07, 6.45) is -0.00601. The first kappa shape index (κ1) is 40.6. The lowest BCUT2D eigenvalue weighted by Crippen LogP contribution is -2.59. The molecule has 0 spiro atoms. The molecule has 1 aliphatic rings. The van der Waals surface area contributed by atoms with Crippen molar-refractivity contribution in [3.63, 3.8) is 0 Å². The topological polar surface area (TPSA) is 270 Å². The lowest BCUT2D eigenvalue weighted by atomic mass is 10.0. The molecule has 1 aromatic rings. The number of hydrogen-bond acceptors (Lipinski definition) is 9. The van der Waals surface area contributed by atoms with Gasteiger partial charge in [0.1, 0.15) is 36.3 Å². The van der Waals surface area contributed by atoms with Gasteiger partial charge in [0.25, 0.3) is 0 Å². The first-order valence-corrected chi connectivity index (χ1v) is 16.2. The molecule has 1 heterocycles. The second-order valence-corrected chi connectivity index (χ2v) is 11.9. The molecule has 6 atom stereocenters. The van der Waals surface area contributed by atoms with Crippen LogP contribution < -0.4 is 42.5 Å². The van der Waals surface area contributed by atoms with Crippen LogP contribution in [0, 0.1) is 0 Å². The summed E-state index contributed by atoms with van der Waals surface area (Å²) in [5.74, 6) is -7.23. The number of rotatable bonds is 6. The first-order valence-electron chi connectivity index (χ1n) is 16.2. The predicted molar refractivity (Wildman–Crippen MR) is 177 cm³/mol. The summed E-state index contributed by atoms with van der Waals surface area (Å²) in [7, 11) is 0. The molecule has 274 valence electrons. The summed E-state index contributed by atoms with van der Waals surface area (Å²) in [6, 6.07) is 1.02. The fourth-order valence-corrected chi connectivity index (χ4v) is 4.69. The van der Waals surface area contributed by atoms with Gasteiger partial charge in [0, 0.05) is 19.9 Å². The molecule has 0 aromatic heterocycles. The van der Waals surface area contributed by atoms with E-state index in [0.717, 1.165) is 0 Å². The smallest absolute Gasteiger partial charge is 0.326 e. The van der Waals surface area contributed by atoms with E-state index in [0.29, 0.717) is 12.0 Å². The van der Waals surface area contributed by atoms with Gasteiger partial charge in [-0.3, -0.25) is 38.4 Å². The average molecular weight is 703 g/mol. The molecule has 0 aliphatic carbocycles. The van der Waals surface area contributed by atoms with Gasteiger partial charge in [-0.25, -0.2) is 4.79 Å². The lowest BCUT2D eigenvalue weighted by Gasteiger charge is -2.25. The molecule has 1 aliphatic heterocycles. The second-order valence-electron chi connectivity index (χ2n) is 11.9. The first-order chi connectivity index (χ1) is 23.6. The summed E-state index contributed by atoms with van der Waals surface area (Å²) >= 11 is 0. The largest absolute Gasteiger partial charge is 0.480 e. The third-order valence-corrected chi connectivity index (χ3v) is 7.57. The van der Waals surface area contributed by atoms with Gasteiger partial charge in [-0.15, -0.1) is 0 Å². The number of carboxylic acid groups (broad SMARTS) is 1. The van der Waals surface area contributed by atoms with Crippen LogP contribution in [0.3, 0.4) is 0 Å². The van der Waals surface area contributed by atoms with Crippen LogP contribution in [-0.2, 0) is 49.6 Å². The van der Waals surface area contributed by atoms with Crippen LogP contribution in [0.4, 0.5) is 0 Å². The van der Waals surface area contributed by atoms with E-state index in [1.54, 1.807) is 30.3 Å². The van der Waals surface area contributed by atoms with E-state index in [4.69, 9.17) is 0 Å². The number of amides is 8. The molecule has 1 aromatic carbocycles. The molecule has 9 N–H and O–H groups in total. The van der Waals surface area contributed by atoms with E-state index in [-0.39, 0.29) is 25.8 Å². The van der Waals surface area contributed by atoms with Crippen LogP contribution in [-0.4, -0.2) is 108 Å². The molecule has 0 radical (unpaired) electrons. The molecule has 8 amide bonds. The molecule has 0 saturated carbocycles. The van der Waals surface area contributed by atoms with Crippen LogP contribution in [0.2, 0.25) is 0 Å². The van der Waals surface area contributed by atoms with Gasteiger partial charge in [0.15, 0.2) is 0 Å². The Morgan fingerprint density at radius 1 is 0.760 bits per heavy atom. The lowest BCUT2D eigenvalue weighted by molar-refractivity contribution is -0.142. The van der Waals surface area contributed by atoms with Crippen LogP contribution in [0.25, 0.3) is 0 Å². The van der Waals surface area contributed by atoms with Gasteiger partial charge in [0.05, 0.1) is 13.0 Å². The van der Waals surface area contributed by atoms with E-state index in [1.807, 2.05) is 0 Å². The Hall–Kier alpha value is -5.55. The maximum Gasteiger partial charge on any atom is 0.326 e. The number of nitrogens with one attached hydrogen (secondary N) is 8. The molecular weight excluding hydrogens is 656 g/mol. The number of carbonyl (C=O) groups is 9. The Bertz CT molecular complexity index is 1420. The standard InChI is InChI=1S/C32H46N8O10/c1-17-27(44)35-18(2)28(45)39-22(32(49)50)12-8-9-13-33-25(42)15-24(38-26(43)16-34-20(4)41)31(48)37-19(3)29(46)40-23(30(47)36-17)14-21-10-6-5-7-11-21/h5-7,10-11,17-19,22-24H,8-9,12-16H2,1-4H3,(H,33,42)(H,34,41)(H,35,44)(H,36,47)(H,37,48)(H,38,43)(H,39,45)(H,40,46)(H,49,50)/t17?,18-,19-,22?,23?,24?/m0/s1. The van der Waals surface area contributed by atoms with Gasteiger partial charge >= 0.3 is 5.97 Å². The Morgan fingerprint density at radius 2 is 1.32 bits per heavy atom.